The number of halogens is 1. The minimum Gasteiger partial charge on any atom is -0.377 e. The molecule has 1 saturated carbocycles. The van der Waals surface area contributed by atoms with Gasteiger partial charge in [0, 0.05) is 29.9 Å². The fourth-order valence-electron chi connectivity index (χ4n) is 3.15. The Balaban J connectivity index is 2.13. The van der Waals surface area contributed by atoms with Crippen LogP contribution in [0, 0.1) is 0 Å². The van der Waals surface area contributed by atoms with E-state index < -0.39 is 0 Å². The van der Waals surface area contributed by atoms with E-state index in [9.17, 15) is 0 Å². The van der Waals surface area contributed by atoms with E-state index in [1.807, 2.05) is 25.4 Å². The van der Waals surface area contributed by atoms with Gasteiger partial charge in [-0.15, -0.1) is 0 Å². The summed E-state index contributed by atoms with van der Waals surface area (Å²) in [6.07, 6.45) is 9.74. The lowest BCUT2D eigenvalue weighted by molar-refractivity contribution is -0.0529. The smallest absolute Gasteiger partial charge is 0.0848 e. The molecule has 20 heavy (non-hydrogen) atoms. The van der Waals surface area contributed by atoms with Gasteiger partial charge in [-0.1, -0.05) is 25.7 Å². The number of pyridine rings is 1. The summed E-state index contributed by atoms with van der Waals surface area (Å²) in [5, 5.41) is 0. The Kier molecular flexibility index (Phi) is 5.96. The van der Waals surface area contributed by atoms with E-state index in [0.29, 0.717) is 0 Å². The molecule has 5 heteroatoms. The molecule has 1 heterocycles. The van der Waals surface area contributed by atoms with Gasteiger partial charge in [-0.05, 0) is 40.9 Å². The second-order valence-corrected chi connectivity index (χ2v) is 6.49. The molecule has 4 nitrogen and oxygen atoms in total. The van der Waals surface area contributed by atoms with Crippen LogP contribution in [0.5, 0.6) is 0 Å². The maximum atomic E-state index is 5.93. The van der Waals surface area contributed by atoms with Gasteiger partial charge < -0.3 is 4.74 Å². The third-order valence-corrected chi connectivity index (χ3v) is 4.86. The zero-order chi connectivity index (χ0) is 14.4. The minimum absolute atomic E-state index is 0.0966. The lowest BCUT2D eigenvalue weighted by Gasteiger charge is -2.39. The number of hydrogen-bond donors (Lipinski definition) is 2. The predicted octanol–water partition coefficient (Wildman–Crippen LogP) is 2.96. The maximum absolute atomic E-state index is 5.93. The summed E-state index contributed by atoms with van der Waals surface area (Å²) in [7, 11) is 1.81. The summed E-state index contributed by atoms with van der Waals surface area (Å²) in [5.41, 5.74) is 3.85. The lowest BCUT2D eigenvalue weighted by atomic mass is 9.84. The van der Waals surface area contributed by atoms with E-state index >= 15 is 0 Å². The van der Waals surface area contributed by atoms with Gasteiger partial charge >= 0.3 is 0 Å². The number of ether oxygens (including phenoxy) is 1. The number of hydrazine groups is 1. The van der Waals surface area contributed by atoms with Crippen molar-refractivity contribution >= 4 is 15.9 Å². The van der Waals surface area contributed by atoms with Gasteiger partial charge in [-0.25, -0.2) is 0 Å². The molecule has 1 aromatic heterocycles. The number of nitrogens with two attached hydrogens (primary N) is 1. The highest BCUT2D eigenvalue weighted by molar-refractivity contribution is 9.10. The van der Waals surface area contributed by atoms with E-state index in [-0.39, 0.29) is 11.6 Å². The van der Waals surface area contributed by atoms with Gasteiger partial charge in [-0.3, -0.25) is 16.3 Å². The number of hydrogen-bond acceptors (Lipinski definition) is 4. The van der Waals surface area contributed by atoms with Crippen LogP contribution in [-0.4, -0.2) is 23.7 Å². The van der Waals surface area contributed by atoms with Crippen molar-refractivity contribution in [2.45, 2.75) is 56.6 Å². The first-order valence-electron chi connectivity index (χ1n) is 7.32. The molecule has 1 atom stereocenters. The molecule has 0 radical (unpaired) electrons. The molecule has 0 amide bonds. The highest BCUT2D eigenvalue weighted by atomic mass is 79.9. The van der Waals surface area contributed by atoms with Crippen LogP contribution in [0.1, 0.15) is 44.2 Å². The van der Waals surface area contributed by atoms with Gasteiger partial charge in [-0.2, -0.15) is 0 Å². The van der Waals surface area contributed by atoms with Crippen molar-refractivity contribution in [3.63, 3.8) is 0 Å². The molecule has 3 N–H and O–H groups in total. The Labute approximate surface area is 129 Å². The van der Waals surface area contributed by atoms with Crippen LogP contribution < -0.4 is 11.3 Å². The van der Waals surface area contributed by atoms with Crippen molar-refractivity contribution in [2.75, 3.05) is 7.11 Å². The van der Waals surface area contributed by atoms with Crippen LogP contribution in [0.4, 0.5) is 0 Å². The maximum Gasteiger partial charge on any atom is 0.0848 e. The third kappa shape index (κ3) is 3.79. The molecule has 1 fully saturated rings. The first-order chi connectivity index (χ1) is 9.70. The standard InChI is InChI=1S/C15H24BrN3O/c1-20-15(8-4-2-3-5-9-15)14(19-17)10-13-7-6-12(16)11-18-13/h6-7,11,14,19H,2-5,8-10,17H2,1H3. The molecule has 0 aliphatic heterocycles. The average molecular weight is 342 g/mol. The molecule has 0 spiro atoms. The van der Waals surface area contributed by atoms with Crippen molar-refractivity contribution in [1.82, 2.24) is 10.4 Å². The molecular formula is C15H24BrN3O. The SMILES string of the molecule is COC1(C(Cc2ccc(Br)cn2)NN)CCCCCC1. The number of aromatic nitrogens is 1. The summed E-state index contributed by atoms with van der Waals surface area (Å²) in [6, 6.07) is 4.15. The first kappa shape index (κ1) is 15.9. The Morgan fingerprint density at radius 1 is 1.35 bits per heavy atom. The van der Waals surface area contributed by atoms with Crippen LogP contribution in [0.2, 0.25) is 0 Å². The lowest BCUT2D eigenvalue weighted by Crippen LogP contribution is -2.55. The zero-order valence-electron chi connectivity index (χ0n) is 12.1. The van der Waals surface area contributed by atoms with E-state index in [4.69, 9.17) is 10.6 Å². The van der Waals surface area contributed by atoms with Crippen molar-refractivity contribution in [1.29, 1.82) is 0 Å². The number of rotatable bonds is 5. The fraction of sp³-hybridized carbons (Fsp3) is 0.667. The summed E-state index contributed by atoms with van der Waals surface area (Å²) in [4.78, 5) is 4.45. The first-order valence-corrected chi connectivity index (χ1v) is 8.11. The van der Waals surface area contributed by atoms with Gasteiger partial charge in [0.15, 0.2) is 0 Å². The summed E-state index contributed by atoms with van der Waals surface area (Å²) in [6.45, 7) is 0. The molecule has 1 aliphatic carbocycles. The topological polar surface area (TPSA) is 60.2 Å². The monoisotopic (exact) mass is 341 g/mol. The van der Waals surface area contributed by atoms with Crippen LogP contribution in [-0.2, 0) is 11.2 Å². The predicted molar refractivity (Wildman–Crippen MR) is 84.2 cm³/mol. The molecule has 0 aromatic carbocycles. The highest BCUT2D eigenvalue weighted by Gasteiger charge is 2.38. The van der Waals surface area contributed by atoms with Crippen molar-refractivity contribution in [3.05, 3.63) is 28.5 Å². The fourth-order valence-corrected chi connectivity index (χ4v) is 3.39. The van der Waals surface area contributed by atoms with Crippen LogP contribution in [0.25, 0.3) is 0 Å². The molecule has 0 saturated heterocycles. The van der Waals surface area contributed by atoms with Gasteiger partial charge in [0.1, 0.15) is 0 Å². The molecule has 0 bridgehead atoms. The molecule has 2 rings (SSSR count). The molecule has 1 aromatic rings. The van der Waals surface area contributed by atoms with Crippen LogP contribution in [0.15, 0.2) is 22.8 Å². The quantitative estimate of drug-likeness (QED) is 0.491. The largest absolute Gasteiger partial charge is 0.377 e. The normalized spacial score (nSPS) is 20.4. The van der Waals surface area contributed by atoms with Crippen LogP contribution >= 0.6 is 15.9 Å². The number of nitrogens with zero attached hydrogens (tertiary/aromatic N) is 1. The van der Waals surface area contributed by atoms with Crippen molar-refractivity contribution in [3.8, 4) is 0 Å². The second-order valence-electron chi connectivity index (χ2n) is 5.57. The van der Waals surface area contributed by atoms with Gasteiger partial charge in [0.2, 0.25) is 0 Å². The van der Waals surface area contributed by atoms with E-state index in [1.165, 1.54) is 25.7 Å². The van der Waals surface area contributed by atoms with Gasteiger partial charge in [0.05, 0.1) is 11.6 Å². The highest BCUT2D eigenvalue weighted by Crippen LogP contribution is 2.34. The molecule has 1 unspecified atom stereocenters. The molecule has 112 valence electrons. The average Bonchev–Trinajstić information content (AvgIpc) is 2.73. The summed E-state index contributed by atoms with van der Waals surface area (Å²) in [5.74, 6) is 5.83. The van der Waals surface area contributed by atoms with E-state index in [2.05, 4.69) is 26.3 Å². The van der Waals surface area contributed by atoms with E-state index in [0.717, 1.165) is 29.4 Å². The Bertz CT molecular complexity index is 402. The van der Waals surface area contributed by atoms with Crippen molar-refractivity contribution < 1.29 is 4.74 Å². The summed E-state index contributed by atoms with van der Waals surface area (Å²) < 4.78 is 6.92. The zero-order valence-corrected chi connectivity index (χ0v) is 13.7. The second kappa shape index (κ2) is 7.50. The Morgan fingerprint density at radius 3 is 2.55 bits per heavy atom. The minimum atomic E-state index is -0.167. The van der Waals surface area contributed by atoms with E-state index in [1.54, 1.807) is 0 Å². The number of methoxy groups -OCH3 is 1. The van der Waals surface area contributed by atoms with Crippen LogP contribution in [0.3, 0.4) is 0 Å². The van der Waals surface area contributed by atoms with Gasteiger partial charge in [0.25, 0.3) is 0 Å². The van der Waals surface area contributed by atoms with Crippen molar-refractivity contribution in [2.24, 2.45) is 5.84 Å². The molecular weight excluding hydrogens is 318 g/mol. The Morgan fingerprint density at radius 2 is 2.05 bits per heavy atom. The number of nitrogens with one attached hydrogen (secondary N) is 1. The Hall–Kier alpha value is -0.490. The summed E-state index contributed by atoms with van der Waals surface area (Å²) >= 11 is 3.41. The third-order valence-electron chi connectivity index (χ3n) is 4.39. The molecule has 1 aliphatic rings.